The summed E-state index contributed by atoms with van der Waals surface area (Å²) < 4.78 is 27.9. The molecule has 0 bridgehead atoms. The molecular formula is C21H31N3O3S. The summed E-state index contributed by atoms with van der Waals surface area (Å²) in [4.78, 5) is 15.6. The van der Waals surface area contributed by atoms with E-state index in [1.54, 1.807) is 22.5 Å². The molecule has 3 fully saturated rings. The highest BCUT2D eigenvalue weighted by atomic mass is 32.2. The molecule has 2 atom stereocenters. The van der Waals surface area contributed by atoms with Crippen molar-refractivity contribution < 1.29 is 13.2 Å². The number of nitrogens with zero attached hydrogens (tertiary/aromatic N) is 2. The first-order valence-electron chi connectivity index (χ1n) is 10.5. The number of carbonyl (C=O) groups excluding carboxylic acids is 1. The number of amides is 1. The second-order valence-electron chi connectivity index (χ2n) is 8.62. The smallest absolute Gasteiger partial charge is 0.251 e. The predicted octanol–water partition coefficient (Wildman–Crippen LogP) is 2.52. The predicted molar refractivity (Wildman–Crippen MR) is 109 cm³/mol. The molecule has 0 radical (unpaired) electrons. The van der Waals surface area contributed by atoms with Crippen LogP contribution in [-0.4, -0.2) is 61.3 Å². The lowest BCUT2D eigenvalue weighted by Gasteiger charge is -2.32. The minimum atomic E-state index is -3.58. The molecule has 1 aromatic rings. The summed E-state index contributed by atoms with van der Waals surface area (Å²) in [6.07, 6.45) is 6.35. The standard InChI is InChI=1S/C21H31N3O3S/c1-15-6-9-19(28(26,27)24-11-4-3-5-16(24)2)13-20(15)21(25)22-17-10-12-23(14-17)18-7-8-18/h6,9,13,16-18H,3-5,7-8,10-12,14H2,1-2H3,(H,22,25). The average molecular weight is 406 g/mol. The Balaban J connectivity index is 1.51. The summed E-state index contributed by atoms with van der Waals surface area (Å²) in [5.74, 6) is -0.163. The number of hydrogen-bond donors (Lipinski definition) is 1. The molecule has 6 nitrogen and oxygen atoms in total. The fourth-order valence-electron chi connectivity index (χ4n) is 4.51. The van der Waals surface area contributed by atoms with Crippen LogP contribution in [0.15, 0.2) is 23.1 Å². The maximum Gasteiger partial charge on any atom is 0.251 e. The average Bonchev–Trinajstić information content (AvgIpc) is 3.41. The molecular weight excluding hydrogens is 374 g/mol. The number of sulfonamides is 1. The Morgan fingerprint density at radius 1 is 1.11 bits per heavy atom. The minimum absolute atomic E-state index is 0.00391. The van der Waals surface area contributed by atoms with Crippen LogP contribution in [0.4, 0.5) is 0 Å². The quantitative estimate of drug-likeness (QED) is 0.817. The highest BCUT2D eigenvalue weighted by Gasteiger charge is 2.35. The van der Waals surface area contributed by atoms with Gasteiger partial charge in [0.15, 0.2) is 0 Å². The van der Waals surface area contributed by atoms with Crippen molar-refractivity contribution in [2.24, 2.45) is 0 Å². The highest BCUT2D eigenvalue weighted by Crippen LogP contribution is 2.30. The molecule has 2 aliphatic heterocycles. The molecule has 154 valence electrons. The summed E-state index contributed by atoms with van der Waals surface area (Å²) in [6, 6.07) is 5.81. The SMILES string of the molecule is Cc1ccc(S(=O)(=O)N2CCCCC2C)cc1C(=O)NC1CCN(C2CC2)C1. The summed E-state index contributed by atoms with van der Waals surface area (Å²) in [7, 11) is -3.58. The van der Waals surface area contributed by atoms with Crippen molar-refractivity contribution in [1.29, 1.82) is 0 Å². The van der Waals surface area contributed by atoms with Crippen molar-refractivity contribution in [3.63, 3.8) is 0 Å². The summed E-state index contributed by atoms with van der Waals surface area (Å²) in [5, 5.41) is 3.13. The van der Waals surface area contributed by atoms with E-state index in [4.69, 9.17) is 0 Å². The zero-order valence-corrected chi connectivity index (χ0v) is 17.7. The Labute approximate surface area is 168 Å². The third-order valence-electron chi connectivity index (χ3n) is 6.42. The van der Waals surface area contributed by atoms with Crippen LogP contribution in [0.2, 0.25) is 0 Å². The van der Waals surface area contributed by atoms with Gasteiger partial charge in [0.05, 0.1) is 4.90 Å². The van der Waals surface area contributed by atoms with Crippen LogP contribution in [0.1, 0.15) is 61.4 Å². The van der Waals surface area contributed by atoms with Crippen LogP contribution in [0.25, 0.3) is 0 Å². The topological polar surface area (TPSA) is 69.7 Å². The number of likely N-dealkylation sites (tertiary alicyclic amines) is 1. The van der Waals surface area contributed by atoms with Crippen molar-refractivity contribution in [1.82, 2.24) is 14.5 Å². The molecule has 2 heterocycles. The second-order valence-corrected chi connectivity index (χ2v) is 10.5. The minimum Gasteiger partial charge on any atom is -0.348 e. The summed E-state index contributed by atoms with van der Waals surface area (Å²) in [6.45, 7) is 6.32. The third-order valence-corrected chi connectivity index (χ3v) is 8.43. The largest absolute Gasteiger partial charge is 0.348 e. The van der Waals surface area contributed by atoms with E-state index in [9.17, 15) is 13.2 Å². The Hall–Kier alpha value is -1.44. The number of rotatable bonds is 5. The lowest BCUT2D eigenvalue weighted by Crippen LogP contribution is -2.42. The zero-order chi connectivity index (χ0) is 19.9. The first-order valence-corrected chi connectivity index (χ1v) is 12.0. The molecule has 0 aromatic heterocycles. The molecule has 3 aliphatic rings. The Bertz CT molecular complexity index is 850. The van der Waals surface area contributed by atoms with Crippen LogP contribution in [0, 0.1) is 6.92 Å². The number of nitrogens with one attached hydrogen (secondary N) is 1. The molecule has 1 saturated carbocycles. The lowest BCUT2D eigenvalue weighted by atomic mass is 10.1. The van der Waals surface area contributed by atoms with Gasteiger partial charge in [-0.15, -0.1) is 0 Å². The molecule has 1 aromatic carbocycles. The van der Waals surface area contributed by atoms with E-state index >= 15 is 0 Å². The third kappa shape index (κ3) is 3.98. The second kappa shape index (κ2) is 7.76. The van der Waals surface area contributed by atoms with Crippen LogP contribution < -0.4 is 5.32 Å². The lowest BCUT2D eigenvalue weighted by molar-refractivity contribution is 0.0936. The van der Waals surface area contributed by atoms with Crippen molar-refractivity contribution in [3.05, 3.63) is 29.3 Å². The molecule has 4 rings (SSSR count). The van der Waals surface area contributed by atoms with Gasteiger partial charge in [0, 0.05) is 43.3 Å². The van der Waals surface area contributed by atoms with Crippen molar-refractivity contribution in [2.45, 2.75) is 75.4 Å². The van der Waals surface area contributed by atoms with Gasteiger partial charge in [-0.3, -0.25) is 9.69 Å². The van der Waals surface area contributed by atoms with Gasteiger partial charge in [-0.25, -0.2) is 8.42 Å². The monoisotopic (exact) mass is 405 g/mol. The number of aryl methyl sites for hydroxylation is 1. The van der Waals surface area contributed by atoms with Gasteiger partial charge in [0.25, 0.3) is 5.91 Å². The van der Waals surface area contributed by atoms with Crippen LogP contribution >= 0.6 is 0 Å². The van der Waals surface area contributed by atoms with E-state index < -0.39 is 10.0 Å². The molecule has 1 amide bonds. The maximum absolute atomic E-state index is 13.1. The molecule has 28 heavy (non-hydrogen) atoms. The van der Waals surface area contributed by atoms with E-state index in [2.05, 4.69) is 10.2 Å². The number of benzene rings is 1. The van der Waals surface area contributed by atoms with Crippen LogP contribution in [0.5, 0.6) is 0 Å². The van der Waals surface area contributed by atoms with E-state index in [0.717, 1.165) is 44.3 Å². The van der Waals surface area contributed by atoms with Crippen molar-refractivity contribution in [3.8, 4) is 0 Å². The number of hydrogen-bond acceptors (Lipinski definition) is 4. The van der Waals surface area contributed by atoms with Gasteiger partial charge in [0.1, 0.15) is 0 Å². The molecule has 1 N–H and O–H groups in total. The van der Waals surface area contributed by atoms with E-state index in [1.807, 2.05) is 13.8 Å². The molecule has 1 aliphatic carbocycles. The fourth-order valence-corrected chi connectivity index (χ4v) is 6.24. The van der Waals surface area contributed by atoms with Gasteiger partial charge in [-0.05, 0) is 63.6 Å². The molecule has 2 unspecified atom stereocenters. The molecule has 2 saturated heterocycles. The first kappa shape index (κ1) is 19.9. The van der Waals surface area contributed by atoms with Crippen molar-refractivity contribution >= 4 is 15.9 Å². The summed E-state index contributed by atoms with van der Waals surface area (Å²) >= 11 is 0. The van der Waals surface area contributed by atoms with E-state index in [-0.39, 0.29) is 22.9 Å². The van der Waals surface area contributed by atoms with Crippen LogP contribution in [-0.2, 0) is 10.0 Å². The zero-order valence-electron chi connectivity index (χ0n) is 16.9. The Kier molecular flexibility index (Phi) is 5.51. The van der Waals surface area contributed by atoms with Crippen LogP contribution in [0.3, 0.4) is 0 Å². The highest BCUT2D eigenvalue weighted by molar-refractivity contribution is 7.89. The number of carbonyl (C=O) groups is 1. The van der Waals surface area contributed by atoms with Crippen molar-refractivity contribution in [2.75, 3.05) is 19.6 Å². The van der Waals surface area contributed by atoms with Gasteiger partial charge in [-0.2, -0.15) is 4.31 Å². The molecule has 0 spiro atoms. The fraction of sp³-hybridized carbons (Fsp3) is 0.667. The van der Waals surface area contributed by atoms with E-state index in [0.29, 0.717) is 18.2 Å². The maximum atomic E-state index is 13.1. The first-order chi connectivity index (χ1) is 13.4. The number of piperidine rings is 1. The molecule has 7 heteroatoms. The van der Waals surface area contributed by atoms with Gasteiger partial charge in [-0.1, -0.05) is 12.5 Å². The summed E-state index contributed by atoms with van der Waals surface area (Å²) in [5.41, 5.74) is 1.27. The van der Waals surface area contributed by atoms with Gasteiger partial charge < -0.3 is 5.32 Å². The van der Waals surface area contributed by atoms with Gasteiger partial charge in [0.2, 0.25) is 10.0 Å². The Morgan fingerprint density at radius 2 is 1.89 bits per heavy atom. The normalized spacial score (nSPS) is 27.1. The van der Waals surface area contributed by atoms with Gasteiger partial charge >= 0.3 is 0 Å². The Morgan fingerprint density at radius 3 is 2.61 bits per heavy atom. The van der Waals surface area contributed by atoms with E-state index in [1.165, 1.54) is 12.8 Å².